The Bertz CT molecular complexity index is 44.1. The Morgan fingerprint density at radius 2 is 2.50 bits per heavy atom. The molecule has 0 unspecified atom stereocenters. The van der Waals surface area contributed by atoms with E-state index >= 15 is 0 Å². The molecule has 0 radical (unpaired) electrons. The first-order valence-corrected chi connectivity index (χ1v) is 2.64. The lowest BCUT2D eigenvalue weighted by molar-refractivity contribution is 0.0607. The highest BCUT2D eigenvalue weighted by atomic mass is 127. The molecule has 0 aromatic carbocycles. The first-order chi connectivity index (χ1) is 2.91. The van der Waals surface area contributed by atoms with Gasteiger partial charge in [-0.2, -0.15) is 0 Å². The summed E-state index contributed by atoms with van der Waals surface area (Å²) < 4.78 is 6.02. The molecule has 0 saturated carbocycles. The van der Waals surface area contributed by atoms with Crippen LogP contribution in [0.25, 0.3) is 0 Å². The van der Waals surface area contributed by atoms with Crippen molar-refractivity contribution >= 4 is 22.6 Å². The third-order valence-electron chi connectivity index (χ3n) is 0.222. The van der Waals surface area contributed by atoms with Crippen molar-refractivity contribution in [2.45, 2.75) is 0 Å². The molecular weight excluding hydrogens is 195 g/mol. The lowest BCUT2D eigenvalue weighted by Crippen LogP contribution is -1.78. The summed E-state index contributed by atoms with van der Waals surface area (Å²) in [6.45, 7) is -0.237. The monoisotopic (exact) mass is 200 g/mol. The molecule has 2 nitrogen and oxygen atoms in total. The first-order valence-electron chi connectivity index (χ1n) is 1.39. The van der Waals surface area contributed by atoms with E-state index in [9.17, 15) is 0 Å². The van der Waals surface area contributed by atoms with Gasteiger partial charge in [0, 0.05) is 4.08 Å². The van der Waals surface area contributed by atoms with Crippen LogP contribution >= 0.6 is 22.6 Å². The molecule has 0 atom stereocenters. The summed E-state index contributed by atoms with van der Waals surface area (Å²) in [5.41, 5.74) is 0. The van der Waals surface area contributed by atoms with Crippen molar-refractivity contribution < 1.29 is 9.84 Å². The van der Waals surface area contributed by atoms with Gasteiger partial charge in [0.2, 0.25) is 0 Å². The van der Waals surface area contributed by atoms with Gasteiger partial charge in [0.1, 0.15) is 0 Å². The zero-order chi connectivity index (χ0) is 4.83. The molecule has 0 aliphatic rings. The van der Waals surface area contributed by atoms with Gasteiger partial charge in [-0.1, -0.05) is 0 Å². The van der Waals surface area contributed by atoms with Crippen LogP contribution in [0.1, 0.15) is 0 Å². The van der Waals surface area contributed by atoms with Crippen molar-refractivity contribution in [2.24, 2.45) is 0 Å². The summed E-state index contributed by atoms with van der Waals surface area (Å²) in [4.78, 5) is 0. The molecule has 0 aliphatic carbocycles. The van der Waals surface area contributed by atoms with E-state index in [0.29, 0.717) is 0 Å². The van der Waals surface area contributed by atoms with Crippen molar-refractivity contribution in [1.29, 1.82) is 0 Å². The summed E-state index contributed by atoms with van der Waals surface area (Å²) in [5.74, 6) is 0. The number of rotatable bonds is 2. The predicted octanol–water partition coefficient (Wildman–Crippen LogP) is 0.859. The normalized spacial score (nSPS) is 9.67. The highest BCUT2D eigenvalue weighted by Gasteiger charge is 1.61. The number of hydrogen-bond donors (Lipinski definition) is 1. The van der Waals surface area contributed by atoms with Crippen LogP contribution in [0.3, 0.4) is 0 Å². The minimum Gasteiger partial charge on any atom is -0.475 e. The van der Waals surface area contributed by atoms with Gasteiger partial charge in [0.05, 0.1) is 6.26 Å². The molecule has 0 heterocycles. The highest BCUT2D eigenvalue weighted by molar-refractivity contribution is 14.1. The van der Waals surface area contributed by atoms with E-state index in [-0.39, 0.29) is 6.79 Å². The summed E-state index contributed by atoms with van der Waals surface area (Å²) in [6.07, 6.45) is 1.42. The molecule has 0 amide bonds. The largest absolute Gasteiger partial charge is 0.475 e. The number of aliphatic hydroxyl groups is 1. The second-order valence-corrected chi connectivity index (χ2v) is 1.28. The van der Waals surface area contributed by atoms with Crippen molar-refractivity contribution in [3.63, 3.8) is 0 Å². The number of aliphatic hydroxyl groups excluding tert-OH is 1. The zero-order valence-electron chi connectivity index (χ0n) is 3.10. The van der Waals surface area contributed by atoms with Gasteiger partial charge in [-0.3, -0.25) is 0 Å². The molecule has 0 aromatic rings. The Balaban J connectivity index is 2.66. The average molecular weight is 200 g/mol. The highest BCUT2D eigenvalue weighted by Crippen LogP contribution is 1.82. The van der Waals surface area contributed by atoms with E-state index in [1.165, 1.54) is 6.26 Å². The van der Waals surface area contributed by atoms with Crippen LogP contribution in [-0.2, 0) is 4.74 Å². The molecule has 0 saturated heterocycles. The minimum atomic E-state index is -0.237. The molecule has 0 bridgehead atoms. The van der Waals surface area contributed by atoms with Gasteiger partial charge < -0.3 is 9.84 Å². The topological polar surface area (TPSA) is 29.5 Å². The summed E-state index contributed by atoms with van der Waals surface area (Å²) >= 11 is 1.99. The van der Waals surface area contributed by atoms with E-state index in [1.54, 1.807) is 4.08 Å². The zero-order valence-corrected chi connectivity index (χ0v) is 5.25. The molecule has 0 aromatic heterocycles. The van der Waals surface area contributed by atoms with Crippen LogP contribution in [-0.4, -0.2) is 11.9 Å². The number of halogens is 1. The van der Waals surface area contributed by atoms with E-state index in [2.05, 4.69) is 4.74 Å². The fourth-order valence-corrected chi connectivity index (χ4v) is 0.287. The van der Waals surface area contributed by atoms with Crippen molar-refractivity contribution in [1.82, 2.24) is 0 Å². The van der Waals surface area contributed by atoms with Gasteiger partial charge >= 0.3 is 0 Å². The van der Waals surface area contributed by atoms with Crippen LogP contribution < -0.4 is 0 Å². The Morgan fingerprint density at radius 3 is 2.67 bits per heavy atom. The quantitative estimate of drug-likeness (QED) is 0.407. The van der Waals surface area contributed by atoms with Crippen molar-refractivity contribution in [2.75, 3.05) is 6.79 Å². The Hall–Kier alpha value is 0.230. The van der Waals surface area contributed by atoms with Gasteiger partial charge in [0.15, 0.2) is 6.79 Å². The Labute approximate surface area is 49.9 Å². The van der Waals surface area contributed by atoms with Crippen molar-refractivity contribution in [3.8, 4) is 0 Å². The second kappa shape index (κ2) is 5.23. The Kier molecular flexibility index (Phi) is 5.43. The maximum Gasteiger partial charge on any atom is 0.185 e. The van der Waals surface area contributed by atoms with Crippen molar-refractivity contribution in [3.05, 3.63) is 10.3 Å². The minimum absolute atomic E-state index is 0.237. The molecule has 3 heteroatoms. The molecule has 0 aliphatic heterocycles. The summed E-state index contributed by atoms with van der Waals surface area (Å²) in [5, 5.41) is 7.92. The van der Waals surface area contributed by atoms with E-state index in [0.717, 1.165) is 0 Å². The standard InChI is InChI=1S/C3H5IO2/c4-1-2-6-3-5/h1-2,5H,3H2/b2-1-. The number of ether oxygens (including phenoxy) is 1. The average Bonchev–Trinajstić information content (AvgIpc) is 1.61. The molecular formula is C3H5IO2. The van der Waals surface area contributed by atoms with Crippen LogP contribution in [0.2, 0.25) is 0 Å². The molecule has 0 fully saturated rings. The van der Waals surface area contributed by atoms with Crippen LogP contribution in [0, 0.1) is 0 Å². The van der Waals surface area contributed by atoms with Crippen LogP contribution in [0.15, 0.2) is 10.3 Å². The van der Waals surface area contributed by atoms with Gasteiger partial charge in [-0.05, 0) is 22.6 Å². The fourth-order valence-electron chi connectivity index (χ4n) is 0.0794. The fraction of sp³-hybridized carbons (Fsp3) is 0.333. The maximum absolute atomic E-state index is 7.92. The second-order valence-electron chi connectivity index (χ2n) is 0.558. The first kappa shape index (κ1) is 6.23. The molecule has 0 spiro atoms. The van der Waals surface area contributed by atoms with Crippen LogP contribution in [0.5, 0.6) is 0 Å². The molecule has 36 valence electrons. The summed E-state index contributed by atoms with van der Waals surface area (Å²) in [7, 11) is 0. The van der Waals surface area contributed by atoms with E-state index in [4.69, 9.17) is 5.11 Å². The van der Waals surface area contributed by atoms with E-state index in [1.807, 2.05) is 22.6 Å². The lowest BCUT2D eigenvalue weighted by atomic mass is 11.1. The Morgan fingerprint density at radius 1 is 1.83 bits per heavy atom. The smallest absolute Gasteiger partial charge is 0.185 e. The molecule has 0 rings (SSSR count). The maximum atomic E-state index is 7.92. The molecule has 6 heavy (non-hydrogen) atoms. The van der Waals surface area contributed by atoms with Gasteiger partial charge in [-0.15, -0.1) is 0 Å². The lowest BCUT2D eigenvalue weighted by Gasteiger charge is -1.85. The third-order valence-corrected chi connectivity index (χ3v) is 0.516. The van der Waals surface area contributed by atoms with Crippen LogP contribution in [0.4, 0.5) is 0 Å². The summed E-state index contributed by atoms with van der Waals surface area (Å²) in [6, 6.07) is 0. The van der Waals surface area contributed by atoms with Gasteiger partial charge in [-0.25, -0.2) is 0 Å². The van der Waals surface area contributed by atoms with Gasteiger partial charge in [0.25, 0.3) is 0 Å². The number of hydrogen-bond acceptors (Lipinski definition) is 2. The predicted molar refractivity (Wildman–Crippen MR) is 31.3 cm³/mol. The third kappa shape index (κ3) is 4.23. The SMILES string of the molecule is OCO/C=C\I. The molecule has 1 N–H and O–H groups in total. The van der Waals surface area contributed by atoms with E-state index < -0.39 is 0 Å².